The van der Waals surface area contributed by atoms with Crippen molar-refractivity contribution in [3.05, 3.63) is 42.0 Å². The first-order valence-corrected chi connectivity index (χ1v) is 8.78. The molecule has 0 saturated heterocycles. The van der Waals surface area contributed by atoms with Gasteiger partial charge in [0.2, 0.25) is 0 Å². The van der Waals surface area contributed by atoms with Crippen LogP contribution in [0.4, 0.5) is 0 Å². The molecule has 0 unspecified atom stereocenters. The predicted octanol–water partition coefficient (Wildman–Crippen LogP) is 4.96. The van der Waals surface area contributed by atoms with Gasteiger partial charge in [0.15, 0.2) is 0 Å². The second-order valence-corrected chi connectivity index (χ2v) is 5.69. The quantitative estimate of drug-likeness (QED) is 0.580. The normalized spacial score (nSPS) is 10.6. The molecule has 2 aromatic carbocycles. The SMILES string of the molecule is CCCCOCCCNCc1c(OCC)ccc2ccccc12.Cl. The number of benzene rings is 2. The van der Waals surface area contributed by atoms with Crippen molar-refractivity contribution < 1.29 is 9.47 Å². The molecule has 0 spiro atoms. The van der Waals surface area contributed by atoms with Crippen molar-refractivity contribution in [2.45, 2.75) is 39.7 Å². The highest BCUT2D eigenvalue weighted by Crippen LogP contribution is 2.28. The molecule has 2 rings (SSSR count). The number of hydrogen-bond donors (Lipinski definition) is 1. The zero-order valence-electron chi connectivity index (χ0n) is 14.8. The Hall–Kier alpha value is -1.29. The van der Waals surface area contributed by atoms with Crippen LogP contribution in [0.2, 0.25) is 0 Å². The fraction of sp³-hybridized carbons (Fsp3) is 0.500. The molecule has 0 saturated carbocycles. The van der Waals surface area contributed by atoms with Crippen molar-refractivity contribution >= 4 is 23.2 Å². The molecule has 0 aliphatic carbocycles. The van der Waals surface area contributed by atoms with Gasteiger partial charge in [-0.05, 0) is 43.1 Å². The smallest absolute Gasteiger partial charge is 0.124 e. The highest BCUT2D eigenvalue weighted by Gasteiger charge is 2.08. The largest absolute Gasteiger partial charge is 0.494 e. The summed E-state index contributed by atoms with van der Waals surface area (Å²) in [6.07, 6.45) is 3.39. The van der Waals surface area contributed by atoms with E-state index in [1.54, 1.807) is 0 Å². The van der Waals surface area contributed by atoms with Crippen molar-refractivity contribution in [1.29, 1.82) is 0 Å². The Morgan fingerprint density at radius 3 is 2.54 bits per heavy atom. The van der Waals surface area contributed by atoms with Crippen LogP contribution in [0.15, 0.2) is 36.4 Å². The van der Waals surface area contributed by atoms with Crippen LogP contribution >= 0.6 is 12.4 Å². The van der Waals surface area contributed by atoms with Crippen LogP contribution in [0.1, 0.15) is 38.7 Å². The van der Waals surface area contributed by atoms with Crippen LogP contribution in [0.5, 0.6) is 5.75 Å². The summed E-state index contributed by atoms with van der Waals surface area (Å²) in [5.74, 6) is 0.984. The molecule has 134 valence electrons. The standard InChI is InChI=1S/C20H29NO2.ClH/c1-3-5-14-22-15-8-13-21-16-19-18-10-7-6-9-17(18)11-12-20(19)23-4-2;/h6-7,9-12,21H,3-5,8,13-16H2,1-2H3;1H. The average molecular weight is 352 g/mol. The molecule has 3 nitrogen and oxygen atoms in total. The van der Waals surface area contributed by atoms with Gasteiger partial charge in [-0.1, -0.05) is 43.7 Å². The topological polar surface area (TPSA) is 30.5 Å². The third kappa shape index (κ3) is 6.31. The number of fused-ring (bicyclic) bond motifs is 1. The molecular formula is C20H30ClNO2. The summed E-state index contributed by atoms with van der Waals surface area (Å²) in [7, 11) is 0. The first-order chi connectivity index (χ1) is 11.4. The van der Waals surface area contributed by atoms with Gasteiger partial charge in [-0.2, -0.15) is 0 Å². The summed E-state index contributed by atoms with van der Waals surface area (Å²) in [6.45, 7) is 8.41. The van der Waals surface area contributed by atoms with Gasteiger partial charge < -0.3 is 14.8 Å². The Balaban J connectivity index is 0.00000288. The molecule has 24 heavy (non-hydrogen) atoms. The van der Waals surface area contributed by atoms with Gasteiger partial charge in [0.25, 0.3) is 0 Å². The van der Waals surface area contributed by atoms with E-state index in [1.165, 1.54) is 22.8 Å². The minimum absolute atomic E-state index is 0. The number of halogens is 1. The minimum Gasteiger partial charge on any atom is -0.494 e. The van der Waals surface area contributed by atoms with E-state index in [9.17, 15) is 0 Å². The van der Waals surface area contributed by atoms with Crippen LogP contribution in [0, 0.1) is 0 Å². The lowest BCUT2D eigenvalue weighted by Crippen LogP contribution is -2.17. The van der Waals surface area contributed by atoms with Crippen molar-refractivity contribution in [3.8, 4) is 5.75 Å². The highest BCUT2D eigenvalue weighted by molar-refractivity contribution is 5.87. The molecule has 0 aliphatic rings. The summed E-state index contributed by atoms with van der Waals surface area (Å²) in [5, 5.41) is 6.05. The van der Waals surface area contributed by atoms with E-state index in [2.05, 4.69) is 48.6 Å². The first-order valence-electron chi connectivity index (χ1n) is 8.78. The maximum absolute atomic E-state index is 5.80. The van der Waals surface area contributed by atoms with Gasteiger partial charge in [-0.15, -0.1) is 12.4 Å². The Morgan fingerprint density at radius 1 is 0.958 bits per heavy atom. The van der Waals surface area contributed by atoms with Gasteiger partial charge in [-0.3, -0.25) is 0 Å². The van der Waals surface area contributed by atoms with Crippen LogP contribution in [0.25, 0.3) is 10.8 Å². The molecule has 0 fully saturated rings. The molecule has 0 radical (unpaired) electrons. The van der Waals surface area contributed by atoms with Crippen LogP contribution in [-0.2, 0) is 11.3 Å². The van der Waals surface area contributed by atoms with E-state index in [0.29, 0.717) is 6.61 Å². The molecule has 0 aliphatic heterocycles. The first kappa shape index (κ1) is 20.8. The monoisotopic (exact) mass is 351 g/mol. The van der Waals surface area contributed by atoms with E-state index in [1.807, 2.05) is 6.92 Å². The van der Waals surface area contributed by atoms with Crippen molar-refractivity contribution in [3.63, 3.8) is 0 Å². The fourth-order valence-corrected chi connectivity index (χ4v) is 2.65. The van der Waals surface area contributed by atoms with Crippen molar-refractivity contribution in [1.82, 2.24) is 5.32 Å². The lowest BCUT2D eigenvalue weighted by molar-refractivity contribution is 0.128. The van der Waals surface area contributed by atoms with E-state index >= 15 is 0 Å². The van der Waals surface area contributed by atoms with Crippen LogP contribution in [0.3, 0.4) is 0 Å². The van der Waals surface area contributed by atoms with E-state index in [0.717, 1.165) is 44.9 Å². The Kier molecular flexibility index (Phi) is 10.5. The van der Waals surface area contributed by atoms with E-state index in [-0.39, 0.29) is 12.4 Å². The second-order valence-electron chi connectivity index (χ2n) is 5.69. The number of hydrogen-bond acceptors (Lipinski definition) is 3. The minimum atomic E-state index is 0. The summed E-state index contributed by atoms with van der Waals surface area (Å²) in [5.41, 5.74) is 1.25. The number of nitrogens with one attached hydrogen (secondary N) is 1. The molecule has 4 heteroatoms. The molecular weight excluding hydrogens is 322 g/mol. The number of rotatable bonds is 11. The van der Waals surface area contributed by atoms with Gasteiger partial charge in [0.05, 0.1) is 6.61 Å². The Morgan fingerprint density at radius 2 is 1.75 bits per heavy atom. The van der Waals surface area contributed by atoms with Gasteiger partial charge in [0.1, 0.15) is 5.75 Å². The molecule has 0 atom stereocenters. The van der Waals surface area contributed by atoms with Crippen LogP contribution in [-0.4, -0.2) is 26.4 Å². The predicted molar refractivity (Wildman–Crippen MR) is 104 cm³/mol. The van der Waals surface area contributed by atoms with Crippen molar-refractivity contribution in [2.75, 3.05) is 26.4 Å². The third-order valence-electron chi connectivity index (χ3n) is 3.88. The molecule has 1 N–H and O–H groups in total. The van der Waals surface area contributed by atoms with Crippen LogP contribution < -0.4 is 10.1 Å². The summed E-state index contributed by atoms with van der Waals surface area (Å²) in [4.78, 5) is 0. The van der Waals surface area contributed by atoms with Gasteiger partial charge in [-0.25, -0.2) is 0 Å². The fourth-order valence-electron chi connectivity index (χ4n) is 2.65. The zero-order chi connectivity index (χ0) is 16.3. The maximum atomic E-state index is 5.80. The summed E-state index contributed by atoms with van der Waals surface area (Å²) < 4.78 is 11.4. The molecule has 2 aromatic rings. The lowest BCUT2D eigenvalue weighted by Gasteiger charge is -2.14. The molecule has 0 bridgehead atoms. The van der Waals surface area contributed by atoms with E-state index in [4.69, 9.17) is 9.47 Å². The lowest BCUT2D eigenvalue weighted by atomic mass is 10.0. The van der Waals surface area contributed by atoms with E-state index < -0.39 is 0 Å². The average Bonchev–Trinajstić information content (AvgIpc) is 2.58. The maximum Gasteiger partial charge on any atom is 0.124 e. The van der Waals surface area contributed by atoms with Gasteiger partial charge >= 0.3 is 0 Å². The second kappa shape index (κ2) is 12.1. The molecule has 0 aromatic heterocycles. The Bertz CT molecular complexity index is 589. The number of ether oxygens (including phenoxy) is 2. The van der Waals surface area contributed by atoms with Gasteiger partial charge in [0, 0.05) is 25.3 Å². The van der Waals surface area contributed by atoms with Crippen molar-refractivity contribution in [2.24, 2.45) is 0 Å². The third-order valence-corrected chi connectivity index (χ3v) is 3.88. The highest BCUT2D eigenvalue weighted by atomic mass is 35.5. The molecule has 0 heterocycles. The Labute approximate surface area is 152 Å². The zero-order valence-corrected chi connectivity index (χ0v) is 15.7. The number of unbranched alkanes of at least 4 members (excludes halogenated alkanes) is 1. The summed E-state index contributed by atoms with van der Waals surface area (Å²) in [6, 6.07) is 12.7. The molecule has 0 amide bonds. The summed E-state index contributed by atoms with van der Waals surface area (Å²) >= 11 is 0.